The highest BCUT2D eigenvalue weighted by Crippen LogP contribution is 2.34. The van der Waals surface area contributed by atoms with Crippen molar-refractivity contribution in [2.24, 2.45) is 0 Å². The first-order chi connectivity index (χ1) is 10.6. The second-order valence-electron chi connectivity index (χ2n) is 5.72. The molecule has 22 heavy (non-hydrogen) atoms. The highest BCUT2D eigenvalue weighted by atomic mass is 16.5. The summed E-state index contributed by atoms with van der Waals surface area (Å²) in [6.45, 7) is 1.43. The molecule has 0 spiro atoms. The van der Waals surface area contributed by atoms with Crippen LogP contribution in [0.3, 0.4) is 0 Å². The summed E-state index contributed by atoms with van der Waals surface area (Å²) in [6, 6.07) is 4.58. The number of phenolic OH excluding ortho intramolecular Hbond substituents is 1. The lowest BCUT2D eigenvalue weighted by Gasteiger charge is -2.31. The average Bonchev–Trinajstić information content (AvgIpc) is 2.79. The van der Waals surface area contributed by atoms with Crippen LogP contribution in [-0.4, -0.2) is 48.1 Å². The van der Waals surface area contributed by atoms with Crippen LogP contribution in [0.4, 0.5) is 5.69 Å². The molecule has 1 aromatic rings. The molecule has 2 heterocycles. The first kappa shape index (κ1) is 14.7. The summed E-state index contributed by atoms with van der Waals surface area (Å²) in [5.74, 6) is 0.248. The fraction of sp³-hybridized carbons (Fsp3) is 0.500. The molecule has 0 bridgehead atoms. The largest absolute Gasteiger partial charge is 0.508 e. The van der Waals surface area contributed by atoms with Gasteiger partial charge < -0.3 is 14.7 Å². The van der Waals surface area contributed by atoms with Crippen molar-refractivity contribution in [2.75, 3.05) is 31.1 Å². The van der Waals surface area contributed by atoms with Gasteiger partial charge in [0, 0.05) is 19.2 Å². The number of aromatic hydroxyl groups is 1. The lowest BCUT2D eigenvalue weighted by atomic mass is 10.2. The predicted octanol–water partition coefficient (Wildman–Crippen LogP) is 1.52. The SMILES string of the molecule is O=C(CN1C(=O)COc2ccc(O)cc21)N1CCCCCC1. The second kappa shape index (κ2) is 6.25. The smallest absolute Gasteiger partial charge is 0.265 e. The molecular formula is C16H20N2O4. The Balaban J connectivity index is 1.77. The molecule has 0 atom stereocenters. The lowest BCUT2D eigenvalue weighted by Crippen LogP contribution is -2.46. The standard InChI is InChI=1S/C16H20N2O4/c19-12-5-6-14-13(9-12)18(16(21)11-22-14)10-15(20)17-7-3-1-2-4-8-17/h5-6,9,19H,1-4,7-8,10-11H2. The predicted molar refractivity (Wildman–Crippen MR) is 81.0 cm³/mol. The summed E-state index contributed by atoms with van der Waals surface area (Å²) in [6.07, 6.45) is 4.33. The number of anilines is 1. The van der Waals surface area contributed by atoms with E-state index in [2.05, 4.69) is 0 Å². The maximum absolute atomic E-state index is 12.5. The molecule has 2 aliphatic rings. The summed E-state index contributed by atoms with van der Waals surface area (Å²) >= 11 is 0. The van der Waals surface area contributed by atoms with Gasteiger partial charge in [-0.25, -0.2) is 0 Å². The number of phenols is 1. The van der Waals surface area contributed by atoms with Gasteiger partial charge >= 0.3 is 0 Å². The summed E-state index contributed by atoms with van der Waals surface area (Å²) in [5.41, 5.74) is 0.458. The Morgan fingerprint density at radius 2 is 1.91 bits per heavy atom. The molecule has 1 aromatic carbocycles. The molecule has 0 unspecified atom stereocenters. The van der Waals surface area contributed by atoms with E-state index >= 15 is 0 Å². The van der Waals surface area contributed by atoms with Gasteiger partial charge in [-0.05, 0) is 25.0 Å². The first-order valence-corrected chi connectivity index (χ1v) is 7.69. The van der Waals surface area contributed by atoms with Crippen LogP contribution in [0.2, 0.25) is 0 Å². The van der Waals surface area contributed by atoms with E-state index in [0.717, 1.165) is 38.8 Å². The van der Waals surface area contributed by atoms with Crippen LogP contribution in [0.5, 0.6) is 11.5 Å². The van der Waals surface area contributed by atoms with Crippen LogP contribution in [0.1, 0.15) is 25.7 Å². The van der Waals surface area contributed by atoms with Crippen LogP contribution in [-0.2, 0) is 9.59 Å². The molecule has 2 aliphatic heterocycles. The zero-order valence-electron chi connectivity index (χ0n) is 12.5. The van der Waals surface area contributed by atoms with Crippen molar-refractivity contribution in [3.63, 3.8) is 0 Å². The molecule has 6 heteroatoms. The number of likely N-dealkylation sites (tertiary alicyclic amines) is 1. The molecule has 1 fully saturated rings. The average molecular weight is 304 g/mol. The molecule has 0 aromatic heterocycles. The van der Waals surface area contributed by atoms with E-state index in [1.165, 1.54) is 17.0 Å². The Hall–Kier alpha value is -2.24. The lowest BCUT2D eigenvalue weighted by molar-refractivity contribution is -0.132. The van der Waals surface area contributed by atoms with Gasteiger partial charge in [0.1, 0.15) is 18.0 Å². The van der Waals surface area contributed by atoms with E-state index in [9.17, 15) is 14.7 Å². The number of fused-ring (bicyclic) bond motifs is 1. The van der Waals surface area contributed by atoms with Gasteiger partial charge in [0.05, 0.1) is 5.69 Å². The van der Waals surface area contributed by atoms with Crippen molar-refractivity contribution >= 4 is 17.5 Å². The topological polar surface area (TPSA) is 70.1 Å². The number of hydrogen-bond acceptors (Lipinski definition) is 4. The van der Waals surface area contributed by atoms with E-state index in [0.29, 0.717) is 11.4 Å². The van der Waals surface area contributed by atoms with Gasteiger partial charge in [0.2, 0.25) is 5.91 Å². The zero-order chi connectivity index (χ0) is 15.5. The zero-order valence-corrected chi connectivity index (χ0v) is 12.5. The molecule has 1 N–H and O–H groups in total. The second-order valence-corrected chi connectivity index (χ2v) is 5.72. The van der Waals surface area contributed by atoms with Crippen molar-refractivity contribution in [1.29, 1.82) is 0 Å². The summed E-state index contributed by atoms with van der Waals surface area (Å²) < 4.78 is 5.34. The van der Waals surface area contributed by atoms with Crippen LogP contribution in [0.15, 0.2) is 18.2 Å². The van der Waals surface area contributed by atoms with Crippen LogP contribution >= 0.6 is 0 Å². The third-order valence-corrected chi connectivity index (χ3v) is 4.14. The van der Waals surface area contributed by atoms with E-state index in [1.54, 1.807) is 6.07 Å². The van der Waals surface area contributed by atoms with Crippen molar-refractivity contribution in [2.45, 2.75) is 25.7 Å². The number of carbonyl (C=O) groups excluding carboxylic acids is 2. The minimum atomic E-state index is -0.263. The molecule has 6 nitrogen and oxygen atoms in total. The Bertz CT molecular complexity index is 580. The number of rotatable bonds is 2. The summed E-state index contributed by atoms with van der Waals surface area (Å²) in [4.78, 5) is 27.8. The van der Waals surface area contributed by atoms with Gasteiger partial charge in [-0.1, -0.05) is 12.8 Å². The summed E-state index contributed by atoms with van der Waals surface area (Å²) in [5, 5.41) is 9.62. The number of nitrogens with zero attached hydrogens (tertiary/aromatic N) is 2. The number of hydrogen-bond donors (Lipinski definition) is 1. The first-order valence-electron chi connectivity index (χ1n) is 7.69. The third kappa shape index (κ3) is 3.00. The molecular weight excluding hydrogens is 284 g/mol. The fourth-order valence-electron chi connectivity index (χ4n) is 2.92. The molecule has 118 valence electrons. The van der Waals surface area contributed by atoms with Gasteiger partial charge in [-0.2, -0.15) is 0 Å². The van der Waals surface area contributed by atoms with Crippen molar-refractivity contribution in [1.82, 2.24) is 4.90 Å². The van der Waals surface area contributed by atoms with Crippen molar-refractivity contribution < 1.29 is 19.4 Å². The molecule has 0 saturated carbocycles. The Morgan fingerprint density at radius 1 is 1.18 bits per heavy atom. The van der Waals surface area contributed by atoms with Crippen LogP contribution < -0.4 is 9.64 Å². The van der Waals surface area contributed by atoms with E-state index in [1.807, 2.05) is 4.90 Å². The monoisotopic (exact) mass is 304 g/mol. The van der Waals surface area contributed by atoms with E-state index < -0.39 is 0 Å². The van der Waals surface area contributed by atoms with E-state index in [-0.39, 0.29) is 30.7 Å². The Labute approximate surface area is 129 Å². The maximum atomic E-state index is 12.5. The highest BCUT2D eigenvalue weighted by Gasteiger charge is 2.29. The number of amides is 2. The number of ether oxygens (including phenoxy) is 1. The van der Waals surface area contributed by atoms with Gasteiger partial charge in [-0.15, -0.1) is 0 Å². The van der Waals surface area contributed by atoms with E-state index in [4.69, 9.17) is 4.74 Å². The Kier molecular flexibility index (Phi) is 4.18. The minimum Gasteiger partial charge on any atom is -0.508 e. The molecule has 2 amide bonds. The third-order valence-electron chi connectivity index (χ3n) is 4.14. The van der Waals surface area contributed by atoms with Gasteiger partial charge in [0.15, 0.2) is 6.61 Å². The molecule has 0 radical (unpaired) electrons. The molecule has 3 rings (SSSR count). The normalized spacial score (nSPS) is 18.5. The molecule has 1 saturated heterocycles. The highest BCUT2D eigenvalue weighted by molar-refractivity contribution is 6.02. The van der Waals surface area contributed by atoms with Crippen LogP contribution in [0.25, 0.3) is 0 Å². The Morgan fingerprint density at radius 3 is 2.64 bits per heavy atom. The maximum Gasteiger partial charge on any atom is 0.265 e. The van der Waals surface area contributed by atoms with Gasteiger partial charge in [-0.3, -0.25) is 14.5 Å². The van der Waals surface area contributed by atoms with Crippen molar-refractivity contribution in [3.05, 3.63) is 18.2 Å². The fourth-order valence-corrected chi connectivity index (χ4v) is 2.92. The number of benzene rings is 1. The number of carbonyl (C=O) groups is 2. The van der Waals surface area contributed by atoms with Crippen molar-refractivity contribution in [3.8, 4) is 11.5 Å². The van der Waals surface area contributed by atoms with Gasteiger partial charge in [0.25, 0.3) is 5.91 Å². The quantitative estimate of drug-likeness (QED) is 0.899. The minimum absolute atomic E-state index is 0.00134. The summed E-state index contributed by atoms with van der Waals surface area (Å²) in [7, 11) is 0. The molecule has 0 aliphatic carbocycles. The van der Waals surface area contributed by atoms with Crippen LogP contribution in [0, 0.1) is 0 Å².